The first-order chi connectivity index (χ1) is 13.8. The second kappa shape index (κ2) is 17.2. The molecule has 0 aromatic carbocycles. The molecule has 0 aliphatic rings. The maximum absolute atomic E-state index is 10.8. The van der Waals surface area contributed by atoms with Crippen molar-refractivity contribution in [3.8, 4) is 0 Å². The lowest BCUT2D eigenvalue weighted by molar-refractivity contribution is -0.139. The molecule has 0 aliphatic carbocycles. The van der Waals surface area contributed by atoms with E-state index in [0.29, 0.717) is 32.5 Å². The maximum Gasteiger partial charge on any atom is 0.305 e. The predicted molar refractivity (Wildman–Crippen MR) is 105 cm³/mol. The molecule has 9 heteroatoms. The highest BCUT2D eigenvalue weighted by Crippen LogP contribution is 2.28. The average Bonchev–Trinajstić information content (AvgIpc) is 2.65. The van der Waals surface area contributed by atoms with Gasteiger partial charge in [-0.25, -0.2) is 0 Å². The second-order valence-corrected chi connectivity index (χ2v) is 7.25. The van der Waals surface area contributed by atoms with Crippen LogP contribution in [0.4, 0.5) is 0 Å². The van der Waals surface area contributed by atoms with E-state index < -0.39 is 23.3 Å². The van der Waals surface area contributed by atoms with Crippen molar-refractivity contribution in [3.63, 3.8) is 0 Å². The number of hydrogen-bond acceptors (Lipinski definition) is 6. The molecule has 0 spiro atoms. The molecule has 0 saturated heterocycles. The number of unbranched alkanes of at least 4 members (excludes halogenated alkanes) is 3. The van der Waals surface area contributed by atoms with Crippen molar-refractivity contribution >= 4 is 17.9 Å². The predicted octanol–water partition coefficient (Wildman–Crippen LogP) is 2.81. The Balaban J connectivity index is 4.88. The zero-order chi connectivity index (χ0) is 22.0. The molecule has 170 valence electrons. The fraction of sp³-hybridized carbons (Fsp3) is 0.850. The Morgan fingerprint density at radius 2 is 1.14 bits per heavy atom. The number of carboxylic acids is 3. The lowest BCUT2D eigenvalue weighted by Gasteiger charge is -2.33. The molecule has 0 aliphatic heterocycles. The molecule has 0 aromatic heterocycles. The third-order valence-corrected chi connectivity index (χ3v) is 4.39. The van der Waals surface area contributed by atoms with E-state index in [1.54, 1.807) is 0 Å². The van der Waals surface area contributed by atoms with E-state index in [4.69, 9.17) is 29.5 Å². The van der Waals surface area contributed by atoms with Gasteiger partial charge in [0.2, 0.25) is 0 Å². The molecule has 0 aromatic rings. The first-order valence-corrected chi connectivity index (χ1v) is 10.2. The number of carboxylic acid groups (broad SMARTS) is 3. The molecule has 0 bridgehead atoms. The summed E-state index contributed by atoms with van der Waals surface area (Å²) in [7, 11) is 0. The molecule has 0 fully saturated rings. The van der Waals surface area contributed by atoms with Crippen molar-refractivity contribution < 1.29 is 43.9 Å². The quantitative estimate of drug-likeness (QED) is 0.239. The normalized spacial score (nSPS) is 11.5. The van der Waals surface area contributed by atoms with Gasteiger partial charge in [0, 0.05) is 18.4 Å². The number of hydrogen-bond donors (Lipinski definition) is 3. The zero-order valence-electron chi connectivity index (χ0n) is 17.4. The fourth-order valence-corrected chi connectivity index (χ4v) is 2.76. The van der Waals surface area contributed by atoms with Crippen LogP contribution in [0.15, 0.2) is 0 Å². The molecule has 0 rings (SSSR count). The van der Waals surface area contributed by atoms with Gasteiger partial charge < -0.3 is 29.5 Å². The first kappa shape index (κ1) is 27.3. The van der Waals surface area contributed by atoms with E-state index in [-0.39, 0.29) is 45.7 Å². The SMILES string of the molecule is CCCCCOCC(CCCCC(=O)O)(COCCC(=O)O)COCCC(=O)O. The van der Waals surface area contributed by atoms with E-state index in [9.17, 15) is 14.4 Å². The van der Waals surface area contributed by atoms with Gasteiger partial charge in [-0.05, 0) is 19.3 Å². The molecule has 0 unspecified atom stereocenters. The van der Waals surface area contributed by atoms with Gasteiger partial charge in [0.1, 0.15) is 0 Å². The topological polar surface area (TPSA) is 140 Å². The van der Waals surface area contributed by atoms with Crippen molar-refractivity contribution in [2.45, 2.75) is 64.7 Å². The van der Waals surface area contributed by atoms with Gasteiger partial charge in [0.15, 0.2) is 0 Å². The molecule has 29 heavy (non-hydrogen) atoms. The minimum atomic E-state index is -0.953. The van der Waals surface area contributed by atoms with Crippen LogP contribution in [-0.4, -0.2) is 72.9 Å². The van der Waals surface area contributed by atoms with E-state index >= 15 is 0 Å². The lowest BCUT2D eigenvalue weighted by Crippen LogP contribution is -2.38. The number of rotatable bonds is 21. The van der Waals surface area contributed by atoms with Crippen LogP contribution >= 0.6 is 0 Å². The van der Waals surface area contributed by atoms with E-state index in [2.05, 4.69) is 6.92 Å². The van der Waals surface area contributed by atoms with Crippen molar-refractivity contribution in [3.05, 3.63) is 0 Å². The smallest absolute Gasteiger partial charge is 0.305 e. The molecular formula is C20H36O9. The summed E-state index contributed by atoms with van der Waals surface area (Å²) < 4.78 is 17.0. The summed E-state index contributed by atoms with van der Waals surface area (Å²) in [6.45, 7) is 3.51. The third-order valence-electron chi connectivity index (χ3n) is 4.39. The molecule has 3 N–H and O–H groups in total. The highest BCUT2D eigenvalue weighted by molar-refractivity contribution is 5.67. The Morgan fingerprint density at radius 1 is 0.655 bits per heavy atom. The van der Waals surface area contributed by atoms with Gasteiger partial charge in [-0.3, -0.25) is 14.4 Å². The summed E-state index contributed by atoms with van der Waals surface area (Å²) in [6, 6.07) is 0. The lowest BCUT2D eigenvalue weighted by atomic mass is 9.84. The first-order valence-electron chi connectivity index (χ1n) is 10.2. The van der Waals surface area contributed by atoms with E-state index in [0.717, 1.165) is 19.3 Å². The summed E-state index contributed by atoms with van der Waals surface area (Å²) in [5, 5.41) is 26.4. The van der Waals surface area contributed by atoms with Gasteiger partial charge in [0.05, 0.1) is 45.9 Å². The molecule has 0 amide bonds. The molecular weight excluding hydrogens is 384 g/mol. The Kier molecular flexibility index (Phi) is 16.2. The number of ether oxygens (including phenoxy) is 3. The molecule has 0 heterocycles. The molecule has 0 saturated carbocycles. The van der Waals surface area contributed by atoms with Gasteiger partial charge >= 0.3 is 17.9 Å². The zero-order valence-corrected chi connectivity index (χ0v) is 17.4. The van der Waals surface area contributed by atoms with Gasteiger partial charge in [0.25, 0.3) is 0 Å². The van der Waals surface area contributed by atoms with Crippen LogP contribution in [0.5, 0.6) is 0 Å². The van der Waals surface area contributed by atoms with Gasteiger partial charge in [-0.15, -0.1) is 0 Å². The summed E-state index contributed by atoms with van der Waals surface area (Å²) in [4.78, 5) is 32.2. The van der Waals surface area contributed by atoms with Gasteiger partial charge in [-0.1, -0.05) is 26.2 Å². The third kappa shape index (κ3) is 16.9. The number of carbonyl (C=O) groups is 3. The summed E-state index contributed by atoms with van der Waals surface area (Å²) in [5.41, 5.74) is -0.582. The van der Waals surface area contributed by atoms with Crippen LogP contribution in [0, 0.1) is 5.41 Å². The monoisotopic (exact) mass is 420 g/mol. The number of aliphatic carboxylic acids is 3. The van der Waals surface area contributed by atoms with Crippen LogP contribution in [0.25, 0.3) is 0 Å². The highest BCUT2D eigenvalue weighted by Gasteiger charge is 2.31. The van der Waals surface area contributed by atoms with E-state index in [1.165, 1.54) is 0 Å². The minimum absolute atomic E-state index is 0.0527. The Labute approximate surface area is 172 Å². The summed E-state index contributed by atoms with van der Waals surface area (Å²) in [6.07, 6.45) is 4.56. The molecule has 0 radical (unpaired) electrons. The van der Waals surface area contributed by atoms with Crippen molar-refractivity contribution in [1.82, 2.24) is 0 Å². The Morgan fingerprint density at radius 3 is 1.59 bits per heavy atom. The van der Waals surface area contributed by atoms with Crippen LogP contribution in [0.1, 0.15) is 64.7 Å². The van der Waals surface area contributed by atoms with Crippen molar-refractivity contribution in [2.24, 2.45) is 5.41 Å². The summed E-state index contributed by atoms with van der Waals surface area (Å²) >= 11 is 0. The standard InChI is InChI=1S/C20H36O9/c1-2-3-6-11-27-14-20(10-5-4-7-17(21)22,15-28-12-8-18(23)24)16-29-13-9-19(25)26/h2-16H2,1H3,(H,21,22)(H,23,24)(H,25,26). The molecule has 9 nitrogen and oxygen atoms in total. The fourth-order valence-electron chi connectivity index (χ4n) is 2.76. The summed E-state index contributed by atoms with van der Waals surface area (Å²) in [5.74, 6) is -2.77. The maximum atomic E-state index is 10.8. The second-order valence-electron chi connectivity index (χ2n) is 7.25. The van der Waals surface area contributed by atoms with Gasteiger partial charge in [-0.2, -0.15) is 0 Å². The van der Waals surface area contributed by atoms with Crippen LogP contribution < -0.4 is 0 Å². The van der Waals surface area contributed by atoms with Crippen molar-refractivity contribution in [1.29, 1.82) is 0 Å². The Hall–Kier alpha value is -1.71. The average molecular weight is 420 g/mol. The highest BCUT2D eigenvalue weighted by atomic mass is 16.5. The van der Waals surface area contributed by atoms with Crippen molar-refractivity contribution in [2.75, 3.05) is 39.6 Å². The van der Waals surface area contributed by atoms with E-state index in [1.807, 2.05) is 0 Å². The molecule has 0 atom stereocenters. The van der Waals surface area contributed by atoms with Crippen LogP contribution in [-0.2, 0) is 28.6 Å². The Bertz CT molecular complexity index is 410. The van der Waals surface area contributed by atoms with Crippen LogP contribution in [0.3, 0.4) is 0 Å². The van der Waals surface area contributed by atoms with Crippen LogP contribution in [0.2, 0.25) is 0 Å². The minimum Gasteiger partial charge on any atom is -0.481 e. The largest absolute Gasteiger partial charge is 0.481 e.